The summed E-state index contributed by atoms with van der Waals surface area (Å²) in [6.07, 6.45) is 1.27. The molecule has 0 spiro atoms. The molecule has 1 aromatic carbocycles. The van der Waals surface area contributed by atoms with Crippen molar-refractivity contribution in [2.24, 2.45) is 0 Å². The van der Waals surface area contributed by atoms with Crippen LogP contribution in [0.2, 0.25) is 10.0 Å². The summed E-state index contributed by atoms with van der Waals surface area (Å²) in [5, 5.41) is 4.45. The number of nitrogens with one attached hydrogen (secondary N) is 1. The zero-order valence-electron chi connectivity index (χ0n) is 7.59. The van der Waals surface area contributed by atoms with Crippen molar-refractivity contribution in [3.8, 4) is 5.75 Å². The van der Waals surface area contributed by atoms with E-state index in [0.717, 1.165) is 25.3 Å². The predicted molar refractivity (Wildman–Crippen MR) is 58.4 cm³/mol. The van der Waals surface area contributed by atoms with Gasteiger partial charge in [0, 0.05) is 16.6 Å². The van der Waals surface area contributed by atoms with E-state index in [1.54, 1.807) is 18.2 Å². The molecule has 1 saturated heterocycles. The number of hydrogen-bond acceptors (Lipinski definition) is 2. The van der Waals surface area contributed by atoms with E-state index >= 15 is 0 Å². The minimum absolute atomic E-state index is 0.240. The van der Waals surface area contributed by atoms with Crippen LogP contribution < -0.4 is 10.1 Å². The van der Waals surface area contributed by atoms with Crippen molar-refractivity contribution in [2.75, 3.05) is 13.1 Å². The predicted octanol–water partition coefficient (Wildman–Crippen LogP) is 2.73. The van der Waals surface area contributed by atoms with Gasteiger partial charge in [-0.1, -0.05) is 23.2 Å². The highest BCUT2D eigenvalue weighted by molar-refractivity contribution is 6.34. The van der Waals surface area contributed by atoms with E-state index in [0.29, 0.717) is 10.0 Å². The smallest absolute Gasteiger partial charge is 0.122 e. The van der Waals surface area contributed by atoms with Gasteiger partial charge in [0.1, 0.15) is 11.9 Å². The van der Waals surface area contributed by atoms with Crippen molar-refractivity contribution in [2.45, 2.75) is 12.5 Å². The SMILES string of the molecule is Clc1cc(Cl)cc(O[C@@H]2CCNC2)c1. The van der Waals surface area contributed by atoms with Crippen molar-refractivity contribution in [3.05, 3.63) is 28.2 Å². The van der Waals surface area contributed by atoms with Crippen LogP contribution >= 0.6 is 23.2 Å². The number of benzene rings is 1. The summed E-state index contributed by atoms with van der Waals surface area (Å²) in [7, 11) is 0. The first-order chi connectivity index (χ1) is 6.74. The second-order valence-corrected chi connectivity index (χ2v) is 4.21. The molecule has 1 heterocycles. The molecule has 1 aliphatic heterocycles. The Morgan fingerprint density at radius 2 is 1.93 bits per heavy atom. The number of hydrogen-bond donors (Lipinski definition) is 1. The van der Waals surface area contributed by atoms with Crippen molar-refractivity contribution in [3.63, 3.8) is 0 Å². The fraction of sp³-hybridized carbons (Fsp3) is 0.400. The number of rotatable bonds is 2. The molecule has 14 heavy (non-hydrogen) atoms. The van der Waals surface area contributed by atoms with Crippen LogP contribution in [-0.4, -0.2) is 19.2 Å². The molecule has 1 atom stereocenters. The van der Waals surface area contributed by atoms with Gasteiger partial charge >= 0.3 is 0 Å². The van der Waals surface area contributed by atoms with Crippen LogP contribution in [0, 0.1) is 0 Å². The lowest BCUT2D eigenvalue weighted by Gasteiger charge is -2.12. The highest BCUT2D eigenvalue weighted by Gasteiger charge is 2.16. The molecule has 0 unspecified atom stereocenters. The molecular weight excluding hydrogens is 221 g/mol. The molecule has 0 aromatic heterocycles. The second kappa shape index (κ2) is 4.39. The van der Waals surface area contributed by atoms with Gasteiger partial charge in [0.2, 0.25) is 0 Å². The number of ether oxygens (including phenoxy) is 1. The van der Waals surface area contributed by atoms with E-state index in [1.165, 1.54) is 0 Å². The van der Waals surface area contributed by atoms with Gasteiger partial charge in [-0.15, -0.1) is 0 Å². The zero-order valence-corrected chi connectivity index (χ0v) is 9.11. The van der Waals surface area contributed by atoms with Crippen molar-refractivity contribution in [1.82, 2.24) is 5.32 Å². The molecule has 2 rings (SSSR count). The van der Waals surface area contributed by atoms with Crippen LogP contribution in [0.5, 0.6) is 5.75 Å². The van der Waals surface area contributed by atoms with E-state index in [9.17, 15) is 0 Å². The highest BCUT2D eigenvalue weighted by atomic mass is 35.5. The molecule has 0 amide bonds. The van der Waals surface area contributed by atoms with Gasteiger partial charge in [-0.3, -0.25) is 0 Å². The van der Waals surface area contributed by atoms with Crippen LogP contribution in [0.4, 0.5) is 0 Å². The standard InChI is InChI=1S/C10H11Cl2NO/c11-7-3-8(12)5-10(4-7)14-9-1-2-13-6-9/h3-5,9,13H,1-2,6H2/t9-/m1/s1. The normalized spacial score (nSPS) is 21.1. The summed E-state index contributed by atoms with van der Waals surface area (Å²) in [6, 6.07) is 5.26. The molecule has 1 fully saturated rings. The minimum Gasteiger partial charge on any atom is -0.489 e. The van der Waals surface area contributed by atoms with E-state index < -0.39 is 0 Å². The fourth-order valence-corrected chi connectivity index (χ4v) is 2.02. The largest absolute Gasteiger partial charge is 0.489 e. The third kappa shape index (κ3) is 2.53. The Hall–Kier alpha value is -0.440. The summed E-state index contributed by atoms with van der Waals surface area (Å²) in [5.41, 5.74) is 0. The molecule has 2 nitrogen and oxygen atoms in total. The Kier molecular flexibility index (Phi) is 3.16. The summed E-state index contributed by atoms with van der Waals surface area (Å²) >= 11 is 11.7. The summed E-state index contributed by atoms with van der Waals surface area (Å²) in [6.45, 7) is 1.91. The van der Waals surface area contributed by atoms with Gasteiger partial charge < -0.3 is 10.1 Å². The third-order valence-corrected chi connectivity index (χ3v) is 2.59. The third-order valence-electron chi connectivity index (χ3n) is 2.15. The molecule has 0 bridgehead atoms. The van der Waals surface area contributed by atoms with Gasteiger partial charge in [-0.25, -0.2) is 0 Å². The van der Waals surface area contributed by atoms with Crippen LogP contribution in [0.1, 0.15) is 6.42 Å². The first kappa shape index (κ1) is 10.1. The Bertz CT molecular complexity index is 304. The Labute approximate surface area is 93.2 Å². The van der Waals surface area contributed by atoms with Crippen LogP contribution in [0.25, 0.3) is 0 Å². The van der Waals surface area contributed by atoms with Crippen molar-refractivity contribution < 1.29 is 4.74 Å². The van der Waals surface area contributed by atoms with Gasteiger partial charge in [0.25, 0.3) is 0 Å². The van der Waals surface area contributed by atoms with Crippen LogP contribution in [0.15, 0.2) is 18.2 Å². The molecular formula is C10H11Cl2NO. The van der Waals surface area contributed by atoms with Gasteiger partial charge in [0.15, 0.2) is 0 Å². The number of halogens is 2. The molecule has 0 saturated carbocycles. The zero-order chi connectivity index (χ0) is 9.97. The minimum atomic E-state index is 0.240. The first-order valence-corrected chi connectivity index (χ1v) is 5.33. The quantitative estimate of drug-likeness (QED) is 0.846. The van der Waals surface area contributed by atoms with Crippen LogP contribution in [-0.2, 0) is 0 Å². The summed E-state index contributed by atoms with van der Waals surface area (Å²) < 4.78 is 5.71. The topological polar surface area (TPSA) is 21.3 Å². The maximum atomic E-state index is 5.86. The van der Waals surface area contributed by atoms with E-state index in [4.69, 9.17) is 27.9 Å². The maximum absolute atomic E-state index is 5.86. The Balaban J connectivity index is 2.07. The molecule has 1 aliphatic rings. The van der Waals surface area contributed by atoms with E-state index in [-0.39, 0.29) is 6.10 Å². The fourth-order valence-electron chi connectivity index (χ4n) is 1.52. The lowest BCUT2D eigenvalue weighted by atomic mass is 10.3. The lowest BCUT2D eigenvalue weighted by molar-refractivity contribution is 0.223. The monoisotopic (exact) mass is 231 g/mol. The van der Waals surface area contributed by atoms with Gasteiger partial charge in [0.05, 0.1) is 0 Å². The first-order valence-electron chi connectivity index (χ1n) is 4.57. The average molecular weight is 232 g/mol. The summed E-state index contributed by atoms with van der Waals surface area (Å²) in [5.74, 6) is 0.746. The molecule has 1 N–H and O–H groups in total. The molecule has 1 aromatic rings. The molecule has 0 aliphatic carbocycles. The Morgan fingerprint density at radius 1 is 1.21 bits per heavy atom. The lowest BCUT2D eigenvalue weighted by Crippen LogP contribution is -2.19. The maximum Gasteiger partial charge on any atom is 0.122 e. The van der Waals surface area contributed by atoms with Crippen molar-refractivity contribution >= 4 is 23.2 Å². The molecule has 76 valence electrons. The highest BCUT2D eigenvalue weighted by Crippen LogP contribution is 2.25. The van der Waals surface area contributed by atoms with Crippen LogP contribution in [0.3, 0.4) is 0 Å². The van der Waals surface area contributed by atoms with Crippen molar-refractivity contribution in [1.29, 1.82) is 0 Å². The van der Waals surface area contributed by atoms with E-state index in [1.807, 2.05) is 0 Å². The summed E-state index contributed by atoms with van der Waals surface area (Å²) in [4.78, 5) is 0. The second-order valence-electron chi connectivity index (χ2n) is 3.34. The van der Waals surface area contributed by atoms with E-state index in [2.05, 4.69) is 5.32 Å². The van der Waals surface area contributed by atoms with Gasteiger partial charge in [-0.05, 0) is 31.2 Å². The molecule has 0 radical (unpaired) electrons. The average Bonchev–Trinajstić information content (AvgIpc) is 2.54. The molecule has 4 heteroatoms. The van der Waals surface area contributed by atoms with Gasteiger partial charge in [-0.2, -0.15) is 0 Å². The Morgan fingerprint density at radius 3 is 2.50 bits per heavy atom.